The van der Waals surface area contributed by atoms with E-state index in [-0.39, 0.29) is 5.91 Å². The molecular weight excluding hydrogens is 230 g/mol. The minimum atomic E-state index is -0.428. The average molecular weight is 251 g/mol. The molecule has 1 aromatic rings. The highest BCUT2D eigenvalue weighted by molar-refractivity contribution is 5.81. The van der Waals surface area contributed by atoms with Crippen molar-refractivity contribution in [1.29, 1.82) is 0 Å². The Bertz CT molecular complexity index is 397. The third-order valence-corrected chi connectivity index (χ3v) is 3.14. The summed E-state index contributed by atoms with van der Waals surface area (Å²) in [6.45, 7) is 6.50. The third-order valence-electron chi connectivity index (χ3n) is 3.14. The summed E-state index contributed by atoms with van der Waals surface area (Å²) in [5, 5.41) is 4.18. The number of nitrogens with zero attached hydrogens (tertiary/aromatic N) is 3. The summed E-state index contributed by atoms with van der Waals surface area (Å²) in [5.41, 5.74) is 0. The van der Waals surface area contributed by atoms with Crippen molar-refractivity contribution >= 4 is 5.91 Å². The Labute approximate surface area is 108 Å². The van der Waals surface area contributed by atoms with Gasteiger partial charge in [-0.15, -0.1) is 0 Å². The number of carbonyl (C=O) groups excluding carboxylic acids is 1. The van der Waals surface area contributed by atoms with E-state index in [0.29, 0.717) is 5.75 Å². The van der Waals surface area contributed by atoms with Gasteiger partial charge in [0, 0.05) is 19.6 Å². The molecule has 0 N–H and O–H groups in total. The molecule has 100 valence electrons. The van der Waals surface area contributed by atoms with Crippen LogP contribution in [0.1, 0.15) is 33.1 Å². The molecular formula is C13H21N3O2. The van der Waals surface area contributed by atoms with Crippen LogP contribution >= 0.6 is 0 Å². The number of carbonyl (C=O) groups is 1. The first kappa shape index (κ1) is 12.9. The maximum atomic E-state index is 12.1. The summed E-state index contributed by atoms with van der Waals surface area (Å²) < 4.78 is 7.48. The van der Waals surface area contributed by atoms with Gasteiger partial charge in [0.2, 0.25) is 0 Å². The lowest BCUT2D eigenvalue weighted by molar-refractivity contribution is -0.136. The molecule has 1 unspecified atom stereocenters. The minimum Gasteiger partial charge on any atom is -0.478 e. The van der Waals surface area contributed by atoms with Gasteiger partial charge in [-0.3, -0.25) is 9.48 Å². The SMILES string of the molecule is CCCn1cc(OC(C)C(=O)N2CCCC2)cn1. The molecule has 0 bridgehead atoms. The van der Waals surface area contributed by atoms with Crippen LogP contribution in [0.25, 0.3) is 0 Å². The van der Waals surface area contributed by atoms with Crippen molar-refractivity contribution in [3.05, 3.63) is 12.4 Å². The molecule has 1 aliphatic rings. The molecule has 1 fully saturated rings. The maximum absolute atomic E-state index is 12.1. The van der Waals surface area contributed by atoms with Crippen LogP contribution in [0.3, 0.4) is 0 Å². The zero-order chi connectivity index (χ0) is 13.0. The molecule has 5 heteroatoms. The van der Waals surface area contributed by atoms with Crippen molar-refractivity contribution in [2.75, 3.05) is 13.1 Å². The highest BCUT2D eigenvalue weighted by Gasteiger charge is 2.24. The topological polar surface area (TPSA) is 47.4 Å². The molecule has 0 aliphatic carbocycles. The van der Waals surface area contributed by atoms with Crippen LogP contribution in [-0.2, 0) is 11.3 Å². The summed E-state index contributed by atoms with van der Waals surface area (Å²) in [4.78, 5) is 13.9. The van der Waals surface area contributed by atoms with Gasteiger partial charge in [0.15, 0.2) is 11.9 Å². The van der Waals surface area contributed by atoms with Crippen LogP contribution in [0.5, 0.6) is 5.75 Å². The minimum absolute atomic E-state index is 0.0794. The van der Waals surface area contributed by atoms with Gasteiger partial charge in [0.25, 0.3) is 5.91 Å². The van der Waals surface area contributed by atoms with Crippen LogP contribution in [0, 0.1) is 0 Å². The summed E-state index contributed by atoms with van der Waals surface area (Å²) in [5.74, 6) is 0.749. The van der Waals surface area contributed by atoms with Gasteiger partial charge >= 0.3 is 0 Å². The molecule has 1 amide bonds. The molecule has 1 aromatic heterocycles. The quantitative estimate of drug-likeness (QED) is 0.800. The van der Waals surface area contributed by atoms with Crippen LogP contribution < -0.4 is 4.74 Å². The largest absolute Gasteiger partial charge is 0.478 e. The Morgan fingerprint density at radius 1 is 1.50 bits per heavy atom. The molecule has 1 atom stereocenters. The zero-order valence-electron chi connectivity index (χ0n) is 11.1. The smallest absolute Gasteiger partial charge is 0.263 e. The second kappa shape index (κ2) is 5.89. The summed E-state index contributed by atoms with van der Waals surface area (Å²) in [6.07, 6.45) is 6.33. The highest BCUT2D eigenvalue weighted by Crippen LogP contribution is 2.14. The predicted molar refractivity (Wildman–Crippen MR) is 68.4 cm³/mol. The van der Waals surface area contributed by atoms with Gasteiger partial charge in [0.1, 0.15) is 0 Å². The Hall–Kier alpha value is -1.52. The molecule has 0 spiro atoms. The van der Waals surface area contributed by atoms with Gasteiger partial charge in [-0.1, -0.05) is 6.92 Å². The Balaban J connectivity index is 1.88. The molecule has 18 heavy (non-hydrogen) atoms. The van der Waals surface area contributed by atoms with E-state index in [1.807, 2.05) is 15.8 Å². The van der Waals surface area contributed by atoms with E-state index < -0.39 is 6.10 Å². The Morgan fingerprint density at radius 3 is 2.89 bits per heavy atom. The van der Waals surface area contributed by atoms with Crippen LogP contribution in [0.2, 0.25) is 0 Å². The summed E-state index contributed by atoms with van der Waals surface area (Å²) in [7, 11) is 0. The van der Waals surface area contributed by atoms with E-state index in [1.165, 1.54) is 0 Å². The van der Waals surface area contributed by atoms with Crippen molar-refractivity contribution in [1.82, 2.24) is 14.7 Å². The second-order valence-electron chi connectivity index (χ2n) is 4.73. The Kier molecular flexibility index (Phi) is 4.23. The first-order valence-electron chi connectivity index (χ1n) is 6.68. The molecule has 0 radical (unpaired) electrons. The number of hydrogen-bond acceptors (Lipinski definition) is 3. The van der Waals surface area contributed by atoms with E-state index in [9.17, 15) is 4.79 Å². The third kappa shape index (κ3) is 3.03. The lowest BCUT2D eigenvalue weighted by atomic mass is 10.3. The lowest BCUT2D eigenvalue weighted by Gasteiger charge is -2.20. The maximum Gasteiger partial charge on any atom is 0.263 e. The fourth-order valence-corrected chi connectivity index (χ4v) is 2.21. The van der Waals surface area contributed by atoms with Gasteiger partial charge in [-0.2, -0.15) is 5.10 Å². The van der Waals surface area contributed by atoms with E-state index in [1.54, 1.807) is 13.1 Å². The first-order valence-corrected chi connectivity index (χ1v) is 6.68. The van der Waals surface area contributed by atoms with Crippen LogP contribution in [0.15, 0.2) is 12.4 Å². The van der Waals surface area contributed by atoms with Crippen molar-refractivity contribution in [2.45, 2.75) is 45.8 Å². The summed E-state index contributed by atoms with van der Waals surface area (Å²) in [6, 6.07) is 0. The number of likely N-dealkylation sites (tertiary alicyclic amines) is 1. The van der Waals surface area contributed by atoms with Crippen molar-refractivity contribution in [3.8, 4) is 5.75 Å². The van der Waals surface area contributed by atoms with Gasteiger partial charge in [0.05, 0.1) is 12.4 Å². The number of amides is 1. The number of hydrogen-bond donors (Lipinski definition) is 0. The van der Waals surface area contributed by atoms with Gasteiger partial charge < -0.3 is 9.64 Å². The highest BCUT2D eigenvalue weighted by atomic mass is 16.5. The van der Waals surface area contributed by atoms with Gasteiger partial charge in [-0.25, -0.2) is 0 Å². The first-order chi connectivity index (χ1) is 8.70. The molecule has 5 nitrogen and oxygen atoms in total. The summed E-state index contributed by atoms with van der Waals surface area (Å²) >= 11 is 0. The fourth-order valence-electron chi connectivity index (χ4n) is 2.21. The zero-order valence-corrected chi connectivity index (χ0v) is 11.1. The van der Waals surface area contributed by atoms with Gasteiger partial charge in [-0.05, 0) is 26.2 Å². The molecule has 1 aliphatic heterocycles. The monoisotopic (exact) mass is 251 g/mol. The molecule has 2 rings (SSSR count). The van der Waals surface area contributed by atoms with Crippen molar-refractivity contribution in [2.24, 2.45) is 0 Å². The normalized spacial score (nSPS) is 16.9. The fraction of sp³-hybridized carbons (Fsp3) is 0.692. The molecule has 1 saturated heterocycles. The van der Waals surface area contributed by atoms with E-state index in [4.69, 9.17) is 4.74 Å². The van der Waals surface area contributed by atoms with Crippen molar-refractivity contribution < 1.29 is 9.53 Å². The molecule has 0 saturated carbocycles. The number of aryl methyl sites for hydroxylation is 1. The van der Waals surface area contributed by atoms with E-state index >= 15 is 0 Å². The predicted octanol–water partition coefficient (Wildman–Crippen LogP) is 1.68. The second-order valence-corrected chi connectivity index (χ2v) is 4.73. The average Bonchev–Trinajstić information content (AvgIpc) is 3.00. The molecule has 0 aromatic carbocycles. The number of aromatic nitrogens is 2. The number of ether oxygens (including phenoxy) is 1. The standard InChI is InChI=1S/C13H21N3O2/c1-3-6-16-10-12(9-14-16)18-11(2)13(17)15-7-4-5-8-15/h9-11H,3-8H2,1-2H3. The van der Waals surface area contributed by atoms with E-state index in [2.05, 4.69) is 12.0 Å². The van der Waals surface area contributed by atoms with E-state index in [0.717, 1.165) is 38.9 Å². The number of rotatable bonds is 5. The Morgan fingerprint density at radius 2 is 2.22 bits per heavy atom. The van der Waals surface area contributed by atoms with Crippen molar-refractivity contribution in [3.63, 3.8) is 0 Å². The molecule has 2 heterocycles. The van der Waals surface area contributed by atoms with Crippen LogP contribution in [-0.4, -0.2) is 39.8 Å². The lowest BCUT2D eigenvalue weighted by Crippen LogP contribution is -2.38. The van der Waals surface area contributed by atoms with Crippen LogP contribution in [0.4, 0.5) is 0 Å².